The van der Waals surface area contributed by atoms with Crippen molar-refractivity contribution in [3.8, 4) is 11.5 Å². The van der Waals surface area contributed by atoms with E-state index in [1.165, 1.54) is 22.2 Å². The molecule has 0 atom stereocenters. The van der Waals surface area contributed by atoms with Gasteiger partial charge in [-0.15, -0.1) is 11.3 Å². The maximum Gasteiger partial charge on any atom is 0.262 e. The number of fused-ring (bicyclic) bond motifs is 2. The number of ether oxygens (including phenoxy) is 2. The van der Waals surface area contributed by atoms with E-state index < -0.39 is 0 Å². The van der Waals surface area contributed by atoms with Crippen LogP contribution in [0.2, 0.25) is 0 Å². The summed E-state index contributed by atoms with van der Waals surface area (Å²) in [7, 11) is 0. The molecule has 1 saturated carbocycles. The van der Waals surface area contributed by atoms with Gasteiger partial charge in [0.2, 0.25) is 12.7 Å². The van der Waals surface area contributed by atoms with Crippen LogP contribution in [-0.4, -0.2) is 33.2 Å². The number of carbonyl (C=O) groups is 1. The Hall–Kier alpha value is -2.87. The predicted octanol–water partition coefficient (Wildman–Crippen LogP) is 3.16. The maximum absolute atomic E-state index is 13.2. The second-order valence-corrected chi connectivity index (χ2v) is 8.36. The summed E-state index contributed by atoms with van der Waals surface area (Å²) in [6.45, 7) is 0.715. The molecule has 3 aromatic rings. The van der Waals surface area contributed by atoms with Gasteiger partial charge >= 0.3 is 0 Å². The molecule has 1 aromatic carbocycles. The Morgan fingerprint density at radius 2 is 2.03 bits per heavy atom. The number of rotatable bonds is 5. The van der Waals surface area contributed by atoms with Crippen molar-refractivity contribution in [1.82, 2.24) is 14.5 Å². The van der Waals surface area contributed by atoms with Crippen LogP contribution in [-0.2, 0) is 17.9 Å². The van der Waals surface area contributed by atoms with Gasteiger partial charge in [-0.25, -0.2) is 4.98 Å². The van der Waals surface area contributed by atoms with Crippen LogP contribution in [0, 0.1) is 0 Å². The second kappa shape index (κ2) is 7.51. The first-order chi connectivity index (χ1) is 14.2. The van der Waals surface area contributed by atoms with Crippen LogP contribution < -0.4 is 15.0 Å². The Morgan fingerprint density at radius 1 is 1.21 bits per heavy atom. The van der Waals surface area contributed by atoms with Gasteiger partial charge in [0.25, 0.3) is 5.56 Å². The molecule has 150 valence electrons. The van der Waals surface area contributed by atoms with Gasteiger partial charge < -0.3 is 14.4 Å². The van der Waals surface area contributed by atoms with Crippen LogP contribution in [0.5, 0.6) is 11.5 Å². The number of carbonyl (C=O) groups excluding carboxylic acids is 1. The normalized spacial score (nSPS) is 15.9. The van der Waals surface area contributed by atoms with Crippen LogP contribution >= 0.6 is 11.3 Å². The van der Waals surface area contributed by atoms with Crippen molar-refractivity contribution in [2.45, 2.75) is 44.8 Å². The lowest BCUT2D eigenvalue weighted by atomic mass is 10.1. The van der Waals surface area contributed by atoms with Gasteiger partial charge in [0.15, 0.2) is 11.5 Å². The standard InChI is InChI=1S/C21H21N3O4S/c25-19(11-23-12-22-20-16(21(23)26)7-8-29-20)24(15-3-1-2-4-15)10-14-5-6-17-18(9-14)28-13-27-17/h5-9,12,15H,1-4,10-11,13H2. The van der Waals surface area contributed by atoms with E-state index in [-0.39, 0.29) is 30.8 Å². The number of hydrogen-bond donors (Lipinski definition) is 0. The minimum absolute atomic E-state index is 0.00132. The van der Waals surface area contributed by atoms with Crippen LogP contribution in [0.3, 0.4) is 0 Å². The van der Waals surface area contributed by atoms with Crippen molar-refractivity contribution in [2.75, 3.05) is 6.79 Å². The van der Waals surface area contributed by atoms with Crippen LogP contribution in [0.25, 0.3) is 10.2 Å². The highest BCUT2D eigenvalue weighted by molar-refractivity contribution is 7.16. The summed E-state index contributed by atoms with van der Waals surface area (Å²) in [5, 5.41) is 2.41. The average molecular weight is 411 g/mol. The van der Waals surface area contributed by atoms with Gasteiger partial charge in [0, 0.05) is 12.6 Å². The molecule has 0 radical (unpaired) electrons. The molecule has 3 heterocycles. The summed E-state index contributed by atoms with van der Waals surface area (Å²) >= 11 is 1.43. The molecule has 8 heteroatoms. The molecule has 1 fully saturated rings. The Labute approximate surface area is 171 Å². The number of hydrogen-bond acceptors (Lipinski definition) is 6. The zero-order valence-electron chi connectivity index (χ0n) is 15.9. The molecule has 1 aliphatic heterocycles. The molecule has 2 aliphatic rings. The average Bonchev–Trinajstić information content (AvgIpc) is 3.48. The fourth-order valence-corrected chi connectivity index (χ4v) is 4.84. The molecule has 0 saturated heterocycles. The molecular formula is C21H21N3O4S. The summed E-state index contributed by atoms with van der Waals surface area (Å²) in [6.07, 6.45) is 5.71. The number of amides is 1. The summed E-state index contributed by atoms with van der Waals surface area (Å²) in [5.74, 6) is 1.38. The second-order valence-electron chi connectivity index (χ2n) is 7.46. The van der Waals surface area contributed by atoms with Gasteiger partial charge in [-0.1, -0.05) is 18.9 Å². The fraction of sp³-hybridized carbons (Fsp3) is 0.381. The van der Waals surface area contributed by atoms with Gasteiger partial charge in [0.1, 0.15) is 11.4 Å². The van der Waals surface area contributed by atoms with Crippen molar-refractivity contribution >= 4 is 27.5 Å². The van der Waals surface area contributed by atoms with E-state index in [1.54, 1.807) is 6.07 Å². The van der Waals surface area contributed by atoms with E-state index in [4.69, 9.17) is 9.47 Å². The molecule has 0 spiro atoms. The Balaban J connectivity index is 1.40. The van der Waals surface area contributed by atoms with Crippen molar-refractivity contribution in [1.29, 1.82) is 0 Å². The van der Waals surface area contributed by atoms with E-state index >= 15 is 0 Å². The molecular weight excluding hydrogens is 390 g/mol. The van der Waals surface area contributed by atoms with E-state index in [0.717, 1.165) is 37.0 Å². The Kier molecular flexibility index (Phi) is 4.71. The molecule has 1 aliphatic carbocycles. The lowest BCUT2D eigenvalue weighted by Gasteiger charge is -2.29. The number of nitrogens with zero attached hydrogens (tertiary/aromatic N) is 3. The summed E-state index contributed by atoms with van der Waals surface area (Å²) in [4.78, 5) is 32.9. The SMILES string of the molecule is O=C(Cn1cnc2sccc2c1=O)N(Cc1ccc2c(c1)OCO2)C1CCCC1. The largest absolute Gasteiger partial charge is 0.454 e. The smallest absolute Gasteiger partial charge is 0.262 e. The quantitative estimate of drug-likeness (QED) is 0.645. The molecule has 0 N–H and O–H groups in total. The van der Waals surface area contributed by atoms with Crippen LogP contribution in [0.15, 0.2) is 40.8 Å². The third-order valence-electron chi connectivity index (χ3n) is 5.63. The fourth-order valence-electron chi connectivity index (χ4n) is 4.12. The molecule has 5 rings (SSSR count). The predicted molar refractivity (Wildman–Crippen MR) is 109 cm³/mol. The minimum Gasteiger partial charge on any atom is -0.454 e. The van der Waals surface area contributed by atoms with Gasteiger partial charge in [-0.3, -0.25) is 14.2 Å². The number of benzene rings is 1. The first-order valence-electron chi connectivity index (χ1n) is 9.80. The summed E-state index contributed by atoms with van der Waals surface area (Å²) in [5.41, 5.74) is 0.826. The van der Waals surface area contributed by atoms with Crippen LogP contribution in [0.1, 0.15) is 31.2 Å². The van der Waals surface area contributed by atoms with Gasteiger partial charge in [-0.05, 0) is 42.0 Å². The molecule has 29 heavy (non-hydrogen) atoms. The van der Waals surface area contributed by atoms with E-state index in [2.05, 4.69) is 4.98 Å². The zero-order chi connectivity index (χ0) is 19.8. The van der Waals surface area contributed by atoms with Gasteiger partial charge in [-0.2, -0.15) is 0 Å². The first kappa shape index (κ1) is 18.2. The maximum atomic E-state index is 13.2. The highest BCUT2D eigenvalue weighted by Crippen LogP contribution is 2.33. The highest BCUT2D eigenvalue weighted by atomic mass is 32.1. The zero-order valence-corrected chi connectivity index (χ0v) is 16.7. The number of aromatic nitrogens is 2. The van der Waals surface area contributed by atoms with Crippen molar-refractivity contribution in [3.05, 3.63) is 51.9 Å². The van der Waals surface area contributed by atoms with E-state index in [1.807, 2.05) is 28.5 Å². The summed E-state index contributed by atoms with van der Waals surface area (Å²) in [6, 6.07) is 7.74. The molecule has 1 amide bonds. The topological polar surface area (TPSA) is 73.7 Å². The third kappa shape index (κ3) is 3.48. The Morgan fingerprint density at radius 3 is 2.90 bits per heavy atom. The van der Waals surface area contributed by atoms with Crippen molar-refractivity contribution in [2.24, 2.45) is 0 Å². The lowest BCUT2D eigenvalue weighted by Crippen LogP contribution is -2.41. The molecule has 2 aromatic heterocycles. The van der Waals surface area contributed by atoms with E-state index in [9.17, 15) is 9.59 Å². The summed E-state index contributed by atoms with van der Waals surface area (Å²) < 4.78 is 12.3. The number of thiophene rings is 1. The molecule has 0 unspecified atom stereocenters. The van der Waals surface area contributed by atoms with Crippen LogP contribution in [0.4, 0.5) is 0 Å². The minimum atomic E-state index is -0.168. The monoisotopic (exact) mass is 411 g/mol. The third-order valence-corrected chi connectivity index (χ3v) is 6.45. The lowest BCUT2D eigenvalue weighted by molar-refractivity contribution is -0.134. The van der Waals surface area contributed by atoms with E-state index in [0.29, 0.717) is 22.5 Å². The Bertz CT molecular complexity index is 1120. The van der Waals surface area contributed by atoms with Crippen molar-refractivity contribution in [3.63, 3.8) is 0 Å². The highest BCUT2D eigenvalue weighted by Gasteiger charge is 2.28. The van der Waals surface area contributed by atoms with Gasteiger partial charge in [0.05, 0.1) is 11.7 Å². The molecule has 7 nitrogen and oxygen atoms in total. The van der Waals surface area contributed by atoms with Crippen molar-refractivity contribution < 1.29 is 14.3 Å². The molecule has 0 bridgehead atoms. The first-order valence-corrected chi connectivity index (χ1v) is 10.7.